The van der Waals surface area contributed by atoms with Crippen LogP contribution in [0.15, 0.2) is 18.2 Å². The van der Waals surface area contributed by atoms with Gasteiger partial charge in [0.1, 0.15) is 23.7 Å². The summed E-state index contributed by atoms with van der Waals surface area (Å²) in [5, 5.41) is 13.7. The minimum Gasteiger partial charge on any atom is -0.486 e. The number of hydrogen-bond donors (Lipinski definition) is 3. The van der Waals surface area contributed by atoms with Crippen LogP contribution in [0.4, 0.5) is 36.4 Å². The maximum atomic E-state index is 13.7. The zero-order valence-corrected chi connectivity index (χ0v) is 18.4. The Morgan fingerprint density at radius 2 is 1.77 bits per heavy atom. The highest BCUT2D eigenvalue weighted by Gasteiger charge is 2.58. The highest BCUT2D eigenvalue weighted by Crippen LogP contribution is 2.36. The molecule has 0 spiro atoms. The summed E-state index contributed by atoms with van der Waals surface area (Å²) >= 11 is 0. The van der Waals surface area contributed by atoms with Crippen molar-refractivity contribution in [1.29, 1.82) is 0 Å². The molecule has 3 amide bonds. The van der Waals surface area contributed by atoms with Gasteiger partial charge in [-0.1, -0.05) is 13.8 Å². The van der Waals surface area contributed by atoms with Crippen molar-refractivity contribution in [2.45, 2.75) is 56.5 Å². The maximum Gasteiger partial charge on any atom is 0.455 e. The Morgan fingerprint density at radius 1 is 1.14 bits per heavy atom. The average molecular weight is 517 g/mol. The maximum absolute atomic E-state index is 13.7. The molecule has 8 nitrogen and oxygen atoms in total. The summed E-state index contributed by atoms with van der Waals surface area (Å²) in [6, 6.07) is 1.15. The zero-order chi connectivity index (χ0) is 26.8. The smallest absolute Gasteiger partial charge is 0.455 e. The van der Waals surface area contributed by atoms with Crippen LogP contribution in [-0.4, -0.2) is 66.0 Å². The number of rotatable bonds is 8. The third-order valence-corrected chi connectivity index (χ3v) is 5.35. The molecule has 0 saturated heterocycles. The Balaban J connectivity index is 2.30. The summed E-state index contributed by atoms with van der Waals surface area (Å²) in [7, 11) is 0. The van der Waals surface area contributed by atoms with E-state index in [0.29, 0.717) is 4.90 Å². The topological polar surface area (TPSA) is 108 Å². The molecule has 3 atom stereocenters. The Labute approximate surface area is 194 Å². The van der Waals surface area contributed by atoms with Gasteiger partial charge in [-0.2, -0.15) is 22.0 Å². The second-order valence-electron chi connectivity index (χ2n) is 7.61. The van der Waals surface area contributed by atoms with Crippen LogP contribution >= 0.6 is 0 Å². The van der Waals surface area contributed by atoms with E-state index in [-0.39, 0.29) is 17.9 Å². The van der Waals surface area contributed by atoms with Crippen LogP contribution in [0.5, 0.6) is 5.75 Å². The van der Waals surface area contributed by atoms with Gasteiger partial charge in [0, 0.05) is 6.07 Å². The van der Waals surface area contributed by atoms with Crippen molar-refractivity contribution in [3.8, 4) is 5.75 Å². The number of nitrogens with zero attached hydrogens (tertiary/aromatic N) is 1. The predicted octanol–water partition coefficient (Wildman–Crippen LogP) is 2.20. The first-order chi connectivity index (χ1) is 16.1. The van der Waals surface area contributed by atoms with E-state index in [1.165, 1.54) is 12.2 Å². The van der Waals surface area contributed by atoms with E-state index < -0.39 is 73.1 Å². The number of carbonyl (C=O) groups excluding carboxylic acids is 3. The molecule has 1 aliphatic rings. The fourth-order valence-electron chi connectivity index (χ4n) is 3.20. The van der Waals surface area contributed by atoms with Gasteiger partial charge < -0.3 is 20.5 Å². The van der Waals surface area contributed by atoms with Gasteiger partial charge in [0.2, 0.25) is 5.60 Å². The van der Waals surface area contributed by atoms with Gasteiger partial charge in [0.15, 0.2) is 6.80 Å². The third kappa shape index (κ3) is 5.60. The van der Waals surface area contributed by atoms with Crippen molar-refractivity contribution in [3.63, 3.8) is 0 Å². The van der Waals surface area contributed by atoms with Crippen molar-refractivity contribution in [2.24, 2.45) is 0 Å². The molecule has 1 unspecified atom stereocenters. The lowest BCUT2D eigenvalue weighted by Gasteiger charge is -2.31. The highest BCUT2D eigenvalue weighted by molar-refractivity contribution is 6.10. The first-order valence-electron chi connectivity index (χ1n) is 10.2. The van der Waals surface area contributed by atoms with Crippen LogP contribution in [0.3, 0.4) is 0 Å². The number of amides is 3. The second-order valence-corrected chi connectivity index (χ2v) is 7.61. The number of anilines is 1. The Hall–Kier alpha value is -3.10. The zero-order valence-electron chi connectivity index (χ0n) is 18.4. The number of fused-ring (bicyclic) bond motifs is 1. The highest BCUT2D eigenvalue weighted by atomic mass is 19.4. The van der Waals surface area contributed by atoms with E-state index in [4.69, 9.17) is 4.74 Å². The molecular weight excluding hydrogens is 495 g/mol. The van der Waals surface area contributed by atoms with Gasteiger partial charge in [0.25, 0.3) is 17.7 Å². The predicted molar refractivity (Wildman–Crippen MR) is 106 cm³/mol. The summed E-state index contributed by atoms with van der Waals surface area (Å²) in [6.45, 7) is -1.18. The largest absolute Gasteiger partial charge is 0.486 e. The molecule has 0 radical (unpaired) electrons. The van der Waals surface area contributed by atoms with E-state index in [1.807, 2.05) is 5.32 Å². The van der Waals surface area contributed by atoms with Gasteiger partial charge in [-0.15, -0.1) is 0 Å². The van der Waals surface area contributed by atoms with E-state index in [2.05, 4.69) is 0 Å². The molecule has 0 bridgehead atoms. The number of halogens is 7. The van der Waals surface area contributed by atoms with Gasteiger partial charge in [0.05, 0.1) is 12.2 Å². The molecular formula is C20H22F7N3O5. The number of benzene rings is 1. The molecule has 196 valence electrons. The van der Waals surface area contributed by atoms with Gasteiger partial charge in [-0.3, -0.25) is 19.3 Å². The van der Waals surface area contributed by atoms with Crippen molar-refractivity contribution in [1.82, 2.24) is 10.6 Å². The standard InChI is InChI=1S/C20H22F7N3O5/c1-3-12-14(15(31)30(9-21)11-7-10(22)5-6-13(11)35-12)29-17(33)18(34,4-2)16(32)28-8-19(23,24)20(25,26)27/h5-7,12,14,34H,3-4,8-9H2,1-2H3,(H,28,32)(H,29,33)/t12-,14+,18?/m1/s1. The molecule has 0 aromatic heterocycles. The third-order valence-electron chi connectivity index (χ3n) is 5.35. The molecule has 0 saturated carbocycles. The number of nitrogens with one attached hydrogen (secondary N) is 2. The van der Waals surface area contributed by atoms with E-state index in [9.17, 15) is 50.2 Å². The van der Waals surface area contributed by atoms with Crippen molar-refractivity contribution in [3.05, 3.63) is 24.0 Å². The summed E-state index contributed by atoms with van der Waals surface area (Å²) < 4.78 is 96.3. The van der Waals surface area contributed by atoms with Crippen molar-refractivity contribution < 1.29 is 55.0 Å². The van der Waals surface area contributed by atoms with Gasteiger partial charge in [-0.05, 0) is 25.0 Å². The SMILES string of the molecule is CC[C@H]1Oc2ccc(F)cc2N(CF)C(=O)[C@H]1NC(=O)C(O)(CC)C(=O)NCC(F)(F)C(F)(F)F. The lowest BCUT2D eigenvalue weighted by Crippen LogP contribution is -2.64. The Kier molecular flexibility index (Phi) is 8.25. The van der Waals surface area contributed by atoms with E-state index >= 15 is 0 Å². The number of aliphatic hydroxyl groups is 1. The van der Waals surface area contributed by atoms with E-state index in [0.717, 1.165) is 25.1 Å². The number of carbonyl (C=O) groups is 3. The summed E-state index contributed by atoms with van der Waals surface area (Å²) in [5.74, 6) is -11.0. The van der Waals surface area contributed by atoms with Crippen LogP contribution in [0, 0.1) is 5.82 Å². The molecule has 0 fully saturated rings. The second kappa shape index (κ2) is 10.3. The molecule has 35 heavy (non-hydrogen) atoms. The summed E-state index contributed by atoms with van der Waals surface area (Å²) in [4.78, 5) is 38.4. The summed E-state index contributed by atoms with van der Waals surface area (Å²) in [6.07, 6.45) is -8.01. The quantitative estimate of drug-likeness (QED) is 0.279. The Bertz CT molecular complexity index is 975. The minimum absolute atomic E-state index is 0.00217. The average Bonchev–Trinajstić information content (AvgIpc) is 2.89. The van der Waals surface area contributed by atoms with Gasteiger partial charge in [-0.25, -0.2) is 8.78 Å². The summed E-state index contributed by atoms with van der Waals surface area (Å²) in [5.41, 5.74) is -3.47. The lowest BCUT2D eigenvalue weighted by molar-refractivity contribution is -0.278. The molecule has 2 rings (SSSR count). The fraction of sp³-hybridized carbons (Fsp3) is 0.550. The van der Waals surface area contributed by atoms with Crippen LogP contribution in [0.2, 0.25) is 0 Å². The minimum atomic E-state index is -6.00. The fourth-order valence-corrected chi connectivity index (χ4v) is 3.20. The number of ether oxygens (including phenoxy) is 1. The number of alkyl halides is 6. The Morgan fingerprint density at radius 3 is 2.29 bits per heavy atom. The number of hydrogen-bond acceptors (Lipinski definition) is 5. The van der Waals surface area contributed by atoms with E-state index in [1.54, 1.807) is 0 Å². The van der Waals surface area contributed by atoms with Crippen LogP contribution in [-0.2, 0) is 14.4 Å². The first-order valence-corrected chi connectivity index (χ1v) is 10.2. The molecule has 1 aromatic carbocycles. The molecule has 3 N–H and O–H groups in total. The van der Waals surface area contributed by atoms with Crippen molar-refractivity contribution >= 4 is 23.4 Å². The first kappa shape index (κ1) is 28.1. The molecule has 1 aromatic rings. The molecule has 1 aliphatic heterocycles. The normalized spacial score (nSPS) is 20.3. The van der Waals surface area contributed by atoms with Crippen molar-refractivity contribution in [2.75, 3.05) is 18.2 Å². The van der Waals surface area contributed by atoms with Crippen LogP contribution < -0.4 is 20.3 Å². The monoisotopic (exact) mass is 517 g/mol. The lowest BCUT2D eigenvalue weighted by atomic mass is 9.96. The van der Waals surface area contributed by atoms with Gasteiger partial charge >= 0.3 is 12.1 Å². The molecule has 1 heterocycles. The molecule has 15 heteroatoms. The molecule has 0 aliphatic carbocycles. The van der Waals surface area contributed by atoms with Crippen LogP contribution in [0.1, 0.15) is 26.7 Å². The van der Waals surface area contributed by atoms with Crippen LogP contribution in [0.25, 0.3) is 0 Å².